The van der Waals surface area contributed by atoms with Crippen LogP contribution in [0.15, 0.2) is 0 Å². The third kappa shape index (κ3) is 4.49. The van der Waals surface area contributed by atoms with Crippen molar-refractivity contribution >= 4 is 19.9 Å². The van der Waals surface area contributed by atoms with Crippen molar-refractivity contribution in [3.05, 3.63) is 0 Å². The summed E-state index contributed by atoms with van der Waals surface area (Å²) in [7, 11) is -5.44. The minimum absolute atomic E-state index is 0.217. The zero-order valence-corrected chi connectivity index (χ0v) is 13.1. The molecule has 0 aliphatic heterocycles. The maximum atomic E-state index is 12.1. The highest BCUT2D eigenvalue weighted by molar-refractivity contribution is 7.93. The smallest absolute Gasteiger partial charge is 0.215 e. The van der Waals surface area contributed by atoms with E-state index in [1.807, 2.05) is 13.8 Å². The first-order chi connectivity index (χ1) is 8.04. The number of nitrogens with two attached hydrogens (primary N) is 1. The molecule has 0 fully saturated rings. The third-order valence-electron chi connectivity index (χ3n) is 3.49. The Labute approximate surface area is 111 Å². The summed E-state index contributed by atoms with van der Waals surface area (Å²) in [6, 6.07) is 0. The molecular formula is C10H24N2O4S2. The van der Waals surface area contributed by atoms with Crippen molar-refractivity contribution in [2.24, 2.45) is 5.73 Å². The maximum absolute atomic E-state index is 12.1. The van der Waals surface area contributed by atoms with Crippen LogP contribution in [0, 0.1) is 0 Å². The molecule has 0 unspecified atom stereocenters. The van der Waals surface area contributed by atoms with Gasteiger partial charge in [-0.05, 0) is 12.8 Å². The van der Waals surface area contributed by atoms with Gasteiger partial charge >= 0.3 is 0 Å². The number of nitrogens with zero attached hydrogens (tertiary/aromatic N) is 1. The first-order valence-corrected chi connectivity index (χ1v) is 9.56. The second-order valence-corrected chi connectivity index (χ2v) is 8.93. The monoisotopic (exact) mass is 300 g/mol. The Morgan fingerprint density at radius 2 is 1.50 bits per heavy atom. The lowest BCUT2D eigenvalue weighted by atomic mass is 9.93. The fraction of sp³-hybridized carbons (Fsp3) is 1.00. The van der Waals surface area contributed by atoms with Gasteiger partial charge in [-0.3, -0.25) is 0 Å². The topological polar surface area (TPSA) is 97.5 Å². The molecular weight excluding hydrogens is 276 g/mol. The molecule has 0 spiro atoms. The van der Waals surface area contributed by atoms with E-state index in [2.05, 4.69) is 0 Å². The molecule has 0 saturated heterocycles. The summed E-state index contributed by atoms with van der Waals surface area (Å²) in [5.74, 6) is -0.766. The van der Waals surface area contributed by atoms with E-state index in [1.54, 1.807) is 0 Å². The molecule has 0 atom stereocenters. The molecule has 0 bridgehead atoms. The molecule has 0 aromatic heterocycles. The van der Waals surface area contributed by atoms with Crippen molar-refractivity contribution in [2.75, 3.05) is 31.4 Å². The molecule has 0 saturated carbocycles. The molecule has 0 amide bonds. The summed E-state index contributed by atoms with van der Waals surface area (Å²) in [6.07, 6.45) is 2.21. The van der Waals surface area contributed by atoms with Gasteiger partial charge in [-0.2, -0.15) is 4.31 Å². The predicted molar refractivity (Wildman–Crippen MR) is 73.6 cm³/mol. The Morgan fingerprint density at radius 1 is 1.06 bits per heavy atom. The van der Waals surface area contributed by atoms with Gasteiger partial charge in [0.15, 0.2) is 0 Å². The molecule has 0 aliphatic carbocycles. The molecule has 110 valence electrons. The second kappa shape index (κ2) is 6.31. The molecule has 0 heterocycles. The number of likely N-dealkylation sites (N-methyl/N-ethyl adjacent to an activating group) is 1. The fourth-order valence-corrected chi connectivity index (χ4v) is 5.05. The van der Waals surface area contributed by atoms with Gasteiger partial charge < -0.3 is 5.73 Å². The van der Waals surface area contributed by atoms with Gasteiger partial charge in [0.1, 0.15) is 9.84 Å². The Balaban J connectivity index is 5.11. The lowest BCUT2D eigenvalue weighted by molar-refractivity contribution is 0.208. The van der Waals surface area contributed by atoms with Crippen molar-refractivity contribution in [1.82, 2.24) is 4.31 Å². The molecule has 18 heavy (non-hydrogen) atoms. The van der Waals surface area contributed by atoms with Crippen molar-refractivity contribution in [2.45, 2.75) is 32.2 Å². The van der Waals surface area contributed by atoms with Gasteiger partial charge in [-0.1, -0.05) is 13.8 Å². The predicted octanol–water partition coefficient (Wildman–Crippen LogP) is -0.190. The van der Waals surface area contributed by atoms with Crippen molar-refractivity contribution in [1.29, 1.82) is 0 Å². The summed E-state index contributed by atoms with van der Waals surface area (Å²) in [5.41, 5.74) is 5.06. The van der Waals surface area contributed by atoms with Crippen LogP contribution in [0.3, 0.4) is 0 Å². The highest BCUT2D eigenvalue weighted by atomic mass is 32.2. The summed E-state index contributed by atoms with van der Waals surface area (Å²) in [5, 5.41) is 0. The maximum Gasteiger partial charge on any atom is 0.215 e. The van der Waals surface area contributed by atoms with Gasteiger partial charge in [-0.15, -0.1) is 0 Å². The van der Waals surface area contributed by atoms with Crippen LogP contribution >= 0.6 is 0 Å². The van der Waals surface area contributed by atoms with E-state index in [4.69, 9.17) is 5.73 Å². The van der Waals surface area contributed by atoms with Crippen LogP contribution in [0.2, 0.25) is 0 Å². The molecule has 0 radical (unpaired) electrons. The normalized spacial score (nSPS) is 14.1. The summed E-state index contributed by atoms with van der Waals surface area (Å²) in [4.78, 5) is 0. The number of rotatable bonds is 8. The zero-order chi connectivity index (χ0) is 14.6. The Morgan fingerprint density at radius 3 is 1.78 bits per heavy atom. The van der Waals surface area contributed by atoms with Crippen LogP contribution < -0.4 is 5.73 Å². The van der Waals surface area contributed by atoms with E-state index in [0.29, 0.717) is 12.8 Å². The van der Waals surface area contributed by atoms with E-state index < -0.39 is 31.2 Å². The first-order valence-electron chi connectivity index (χ1n) is 5.89. The van der Waals surface area contributed by atoms with E-state index >= 15 is 0 Å². The van der Waals surface area contributed by atoms with Crippen LogP contribution in [-0.4, -0.2) is 58.0 Å². The van der Waals surface area contributed by atoms with Gasteiger partial charge in [0, 0.05) is 25.4 Å². The van der Waals surface area contributed by atoms with Gasteiger partial charge in [-0.25, -0.2) is 16.8 Å². The minimum atomic E-state index is -3.61. The standard InChI is InChI=1S/C10H24N2O4S2/c1-5-10(6-2,9-11)12(3)18(15,16)8-7-17(4,13)14/h5-9,11H2,1-4H3. The second-order valence-electron chi connectivity index (χ2n) is 4.55. The molecule has 0 aliphatic rings. The number of hydrogen-bond acceptors (Lipinski definition) is 5. The fourth-order valence-electron chi connectivity index (χ4n) is 1.80. The molecule has 0 aromatic rings. The molecule has 0 aromatic carbocycles. The quantitative estimate of drug-likeness (QED) is 0.670. The van der Waals surface area contributed by atoms with Crippen LogP contribution in [0.25, 0.3) is 0 Å². The molecule has 0 rings (SSSR count). The third-order valence-corrected chi connectivity index (χ3v) is 6.64. The summed E-state index contributed by atoms with van der Waals surface area (Å²) >= 11 is 0. The van der Waals surface area contributed by atoms with Crippen LogP contribution in [0.5, 0.6) is 0 Å². The number of sulfone groups is 1. The van der Waals surface area contributed by atoms with Crippen molar-refractivity contribution < 1.29 is 16.8 Å². The molecule has 8 heteroatoms. The van der Waals surface area contributed by atoms with E-state index in [0.717, 1.165) is 6.26 Å². The highest BCUT2D eigenvalue weighted by Crippen LogP contribution is 2.24. The van der Waals surface area contributed by atoms with Crippen molar-refractivity contribution in [3.63, 3.8) is 0 Å². The Hall–Kier alpha value is -0.180. The van der Waals surface area contributed by atoms with Crippen molar-refractivity contribution in [3.8, 4) is 0 Å². The lowest BCUT2D eigenvalue weighted by Crippen LogP contribution is -2.54. The average Bonchev–Trinajstić information content (AvgIpc) is 2.29. The van der Waals surface area contributed by atoms with Gasteiger partial charge in [0.25, 0.3) is 0 Å². The minimum Gasteiger partial charge on any atom is -0.329 e. The van der Waals surface area contributed by atoms with E-state index in [9.17, 15) is 16.8 Å². The number of hydrogen-bond donors (Lipinski definition) is 1. The summed E-state index contributed by atoms with van der Waals surface area (Å²) < 4.78 is 47.6. The van der Waals surface area contributed by atoms with Gasteiger partial charge in [0.2, 0.25) is 10.0 Å². The van der Waals surface area contributed by atoms with Crippen LogP contribution in [0.1, 0.15) is 26.7 Å². The zero-order valence-electron chi connectivity index (χ0n) is 11.5. The highest BCUT2D eigenvalue weighted by Gasteiger charge is 2.37. The lowest BCUT2D eigenvalue weighted by Gasteiger charge is -2.38. The van der Waals surface area contributed by atoms with E-state index in [1.165, 1.54) is 11.4 Å². The molecule has 6 nitrogen and oxygen atoms in total. The molecule has 2 N–H and O–H groups in total. The largest absolute Gasteiger partial charge is 0.329 e. The number of sulfonamides is 1. The average molecular weight is 300 g/mol. The van der Waals surface area contributed by atoms with Crippen LogP contribution in [0.4, 0.5) is 0 Å². The first kappa shape index (κ1) is 17.8. The van der Waals surface area contributed by atoms with E-state index in [-0.39, 0.29) is 12.3 Å². The SMILES string of the molecule is CCC(CC)(CN)N(C)S(=O)(=O)CCS(C)(=O)=O. The Bertz CT molecular complexity index is 444. The Kier molecular flexibility index (Phi) is 6.25. The van der Waals surface area contributed by atoms with Crippen LogP contribution in [-0.2, 0) is 19.9 Å². The van der Waals surface area contributed by atoms with Gasteiger partial charge in [0.05, 0.1) is 11.5 Å². The summed E-state index contributed by atoms with van der Waals surface area (Å²) in [6.45, 7) is 3.96.